The molecule has 0 radical (unpaired) electrons. The number of allylic oxidation sites excluding steroid dienone is 1. The van der Waals surface area contributed by atoms with E-state index in [1.54, 1.807) is 46.2 Å². The number of ether oxygens (including phenoxy) is 1. The normalized spacial score (nSPS) is 23.0. The Morgan fingerprint density at radius 3 is 2.82 bits per heavy atom. The van der Waals surface area contributed by atoms with Gasteiger partial charge < -0.3 is 20.3 Å². The van der Waals surface area contributed by atoms with Gasteiger partial charge in [-0.05, 0) is 37.5 Å². The fourth-order valence-corrected chi connectivity index (χ4v) is 4.35. The Morgan fingerprint density at radius 2 is 1.97 bits per heavy atom. The lowest BCUT2D eigenvalue weighted by Gasteiger charge is -2.41. The minimum absolute atomic E-state index is 0.0545. The van der Waals surface area contributed by atoms with Gasteiger partial charge in [0.1, 0.15) is 18.9 Å². The molecule has 1 aromatic heterocycles. The summed E-state index contributed by atoms with van der Waals surface area (Å²) in [5.74, 6) is 0.115. The minimum Gasteiger partial charge on any atom is -0.489 e. The number of hydrogen-bond acceptors (Lipinski definition) is 5. The number of carbonyl (C=O) groups excluding carboxylic acids is 3. The zero-order valence-electron chi connectivity index (χ0n) is 18.5. The van der Waals surface area contributed by atoms with Crippen molar-refractivity contribution in [1.82, 2.24) is 25.3 Å². The fraction of sp³-hybridized carbons (Fsp3) is 0.417. The molecular formula is C24H29N5O4. The van der Waals surface area contributed by atoms with Crippen molar-refractivity contribution < 1.29 is 19.1 Å². The lowest BCUT2D eigenvalue weighted by atomic mass is 9.76. The molecule has 3 amide bonds. The highest BCUT2D eigenvalue weighted by molar-refractivity contribution is 5.97. The van der Waals surface area contributed by atoms with Gasteiger partial charge in [-0.25, -0.2) is 0 Å². The number of nitrogens with zero attached hydrogens (tertiary/aromatic N) is 3. The number of likely N-dealkylation sites (tertiary alicyclic amines) is 1. The molecule has 0 aliphatic carbocycles. The van der Waals surface area contributed by atoms with Gasteiger partial charge in [-0.15, -0.1) is 0 Å². The van der Waals surface area contributed by atoms with Gasteiger partial charge in [-0.3, -0.25) is 19.1 Å². The van der Waals surface area contributed by atoms with Gasteiger partial charge in [0.05, 0.1) is 11.0 Å². The summed E-state index contributed by atoms with van der Waals surface area (Å²) in [6.45, 7) is 2.00. The van der Waals surface area contributed by atoms with Crippen LogP contribution >= 0.6 is 0 Å². The van der Waals surface area contributed by atoms with Crippen molar-refractivity contribution >= 4 is 17.7 Å². The minimum atomic E-state index is -0.722. The number of carbonyl (C=O) groups is 3. The van der Waals surface area contributed by atoms with Crippen LogP contribution in [0.3, 0.4) is 0 Å². The summed E-state index contributed by atoms with van der Waals surface area (Å²) in [7, 11) is 0. The molecule has 1 atom stereocenters. The average Bonchev–Trinajstić information content (AvgIpc) is 3.34. The number of amides is 3. The Balaban J connectivity index is 1.49. The first-order valence-corrected chi connectivity index (χ1v) is 11.3. The highest BCUT2D eigenvalue weighted by atomic mass is 16.5. The largest absolute Gasteiger partial charge is 0.489 e. The van der Waals surface area contributed by atoms with E-state index in [4.69, 9.17) is 4.74 Å². The molecule has 1 fully saturated rings. The van der Waals surface area contributed by atoms with Gasteiger partial charge in [0.15, 0.2) is 0 Å². The molecule has 174 valence electrons. The maximum absolute atomic E-state index is 13.3. The van der Waals surface area contributed by atoms with E-state index >= 15 is 0 Å². The first kappa shape index (κ1) is 22.6. The molecule has 2 N–H and O–H groups in total. The fourth-order valence-electron chi connectivity index (χ4n) is 4.35. The van der Waals surface area contributed by atoms with Crippen molar-refractivity contribution in [2.75, 3.05) is 32.8 Å². The van der Waals surface area contributed by atoms with Crippen molar-refractivity contribution in [3.63, 3.8) is 0 Å². The average molecular weight is 452 g/mol. The number of piperidine rings is 1. The van der Waals surface area contributed by atoms with Gasteiger partial charge >= 0.3 is 0 Å². The summed E-state index contributed by atoms with van der Waals surface area (Å²) < 4.78 is 7.39. The smallest absolute Gasteiger partial charge is 0.255 e. The van der Waals surface area contributed by atoms with E-state index in [1.165, 1.54) is 0 Å². The van der Waals surface area contributed by atoms with E-state index in [9.17, 15) is 14.4 Å². The highest BCUT2D eigenvalue weighted by Crippen LogP contribution is 2.34. The van der Waals surface area contributed by atoms with E-state index in [-0.39, 0.29) is 30.9 Å². The third-order valence-corrected chi connectivity index (χ3v) is 6.11. The van der Waals surface area contributed by atoms with Crippen molar-refractivity contribution in [2.45, 2.75) is 25.8 Å². The predicted molar refractivity (Wildman–Crippen MR) is 122 cm³/mol. The summed E-state index contributed by atoms with van der Waals surface area (Å²) >= 11 is 0. The van der Waals surface area contributed by atoms with Crippen LogP contribution < -0.4 is 15.4 Å². The molecule has 3 heterocycles. The Hall–Kier alpha value is -3.62. The second-order valence-corrected chi connectivity index (χ2v) is 8.40. The maximum Gasteiger partial charge on any atom is 0.255 e. The van der Waals surface area contributed by atoms with Crippen molar-refractivity contribution in [3.05, 3.63) is 60.4 Å². The van der Waals surface area contributed by atoms with Crippen LogP contribution in [0.1, 0.15) is 29.6 Å². The maximum atomic E-state index is 13.3. The number of para-hydroxylation sites is 1. The predicted octanol–water partition coefficient (Wildman–Crippen LogP) is 1.38. The summed E-state index contributed by atoms with van der Waals surface area (Å²) in [6.07, 6.45) is 9.12. The van der Waals surface area contributed by atoms with E-state index in [1.807, 2.05) is 18.2 Å². The second kappa shape index (κ2) is 10.3. The van der Waals surface area contributed by atoms with Crippen LogP contribution in [0.4, 0.5) is 0 Å². The van der Waals surface area contributed by atoms with Gasteiger partial charge in [0.2, 0.25) is 11.8 Å². The molecule has 0 bridgehead atoms. The molecule has 9 nitrogen and oxygen atoms in total. The molecule has 1 aromatic carbocycles. The van der Waals surface area contributed by atoms with Crippen LogP contribution in [0.15, 0.2) is 54.9 Å². The van der Waals surface area contributed by atoms with Crippen LogP contribution in [-0.2, 0) is 16.1 Å². The van der Waals surface area contributed by atoms with Gasteiger partial charge in [0.25, 0.3) is 5.91 Å². The van der Waals surface area contributed by atoms with Crippen LogP contribution in [0.5, 0.6) is 5.75 Å². The molecule has 2 aliphatic heterocycles. The third kappa shape index (κ3) is 5.42. The molecule has 9 heteroatoms. The number of aromatic nitrogens is 2. The SMILES string of the molecule is O=C1NCCNC(=O)[C@@]2(C/C=C/COc3ccccc31)CCCN(C(=O)Cn1cccn1)C2. The second-order valence-electron chi connectivity index (χ2n) is 8.40. The molecule has 1 spiro atoms. The Labute approximate surface area is 192 Å². The quantitative estimate of drug-likeness (QED) is 0.671. The van der Waals surface area contributed by atoms with Crippen LogP contribution in [0.25, 0.3) is 0 Å². The monoisotopic (exact) mass is 451 g/mol. The van der Waals surface area contributed by atoms with E-state index in [2.05, 4.69) is 15.7 Å². The van der Waals surface area contributed by atoms with E-state index in [0.29, 0.717) is 50.3 Å². The van der Waals surface area contributed by atoms with Crippen LogP contribution in [-0.4, -0.2) is 65.2 Å². The molecule has 4 rings (SSSR count). The first-order valence-electron chi connectivity index (χ1n) is 11.3. The van der Waals surface area contributed by atoms with Gasteiger partial charge in [-0.1, -0.05) is 24.3 Å². The number of rotatable bonds is 2. The summed E-state index contributed by atoms with van der Waals surface area (Å²) in [6, 6.07) is 8.87. The van der Waals surface area contributed by atoms with Crippen molar-refractivity contribution in [2.24, 2.45) is 5.41 Å². The van der Waals surface area contributed by atoms with Crippen LogP contribution in [0.2, 0.25) is 0 Å². The topological polar surface area (TPSA) is 106 Å². The molecule has 33 heavy (non-hydrogen) atoms. The van der Waals surface area contributed by atoms with Crippen LogP contribution in [0, 0.1) is 5.41 Å². The number of fused-ring (bicyclic) bond motifs is 1. The number of benzene rings is 1. The molecular weight excluding hydrogens is 422 g/mol. The van der Waals surface area contributed by atoms with Gasteiger partial charge in [0, 0.05) is 38.6 Å². The summed E-state index contributed by atoms with van der Waals surface area (Å²) in [4.78, 5) is 40.4. The number of hydrogen-bond donors (Lipinski definition) is 2. The molecule has 2 aliphatic rings. The lowest BCUT2D eigenvalue weighted by molar-refractivity contribution is -0.142. The van der Waals surface area contributed by atoms with Crippen molar-refractivity contribution in [3.8, 4) is 5.75 Å². The highest BCUT2D eigenvalue weighted by Gasteiger charge is 2.42. The van der Waals surface area contributed by atoms with Crippen molar-refractivity contribution in [1.29, 1.82) is 0 Å². The van der Waals surface area contributed by atoms with E-state index < -0.39 is 5.41 Å². The molecule has 1 saturated heterocycles. The molecule has 0 saturated carbocycles. The molecule has 2 aromatic rings. The Bertz CT molecular complexity index is 1020. The third-order valence-electron chi connectivity index (χ3n) is 6.11. The zero-order valence-corrected chi connectivity index (χ0v) is 18.5. The Kier molecular flexibility index (Phi) is 7.07. The molecule has 0 unspecified atom stereocenters. The zero-order chi connectivity index (χ0) is 23.1. The van der Waals surface area contributed by atoms with E-state index in [0.717, 1.165) is 6.42 Å². The first-order chi connectivity index (χ1) is 16.1. The number of nitrogens with one attached hydrogen (secondary N) is 2. The summed E-state index contributed by atoms with van der Waals surface area (Å²) in [5, 5.41) is 9.91. The van der Waals surface area contributed by atoms with Gasteiger partial charge in [-0.2, -0.15) is 5.10 Å². The Morgan fingerprint density at radius 1 is 1.12 bits per heavy atom. The summed E-state index contributed by atoms with van der Waals surface area (Å²) in [5.41, 5.74) is -0.259. The standard InChI is InChI=1S/C24H29N5O4/c30-21(17-29-15-6-11-27-29)28-14-5-10-24(18-28)9-3-4-16-33-20-8-2-1-7-19(20)22(31)25-12-13-26-23(24)32/h1-4,6-8,11,15H,5,9-10,12-14,16-18H2,(H,25,31)(H,26,32)/b4-3+/t24-/m0/s1. The lowest BCUT2D eigenvalue weighted by Crippen LogP contribution is -2.54.